The second kappa shape index (κ2) is 8.44. The van der Waals surface area contributed by atoms with Gasteiger partial charge in [-0.15, -0.1) is 11.3 Å². The van der Waals surface area contributed by atoms with Crippen molar-refractivity contribution in [2.24, 2.45) is 11.7 Å². The largest absolute Gasteiger partial charge is 0.494 e. The summed E-state index contributed by atoms with van der Waals surface area (Å²) in [7, 11) is 0. The van der Waals surface area contributed by atoms with E-state index in [9.17, 15) is 9.59 Å². The van der Waals surface area contributed by atoms with Crippen molar-refractivity contribution in [2.45, 2.75) is 20.3 Å². The van der Waals surface area contributed by atoms with E-state index in [1.54, 1.807) is 5.38 Å². The number of aryl methyl sites for hydroxylation is 1. The highest BCUT2D eigenvalue weighted by atomic mass is 32.1. The first kappa shape index (κ1) is 17.9. The zero-order valence-corrected chi connectivity index (χ0v) is 14.6. The van der Waals surface area contributed by atoms with Gasteiger partial charge in [0.15, 0.2) is 0 Å². The Balaban J connectivity index is 1.94. The summed E-state index contributed by atoms with van der Waals surface area (Å²) in [5.41, 5.74) is 6.78. The normalized spacial score (nSPS) is 11.8. The first-order valence-electron chi connectivity index (χ1n) is 7.71. The van der Waals surface area contributed by atoms with Crippen molar-refractivity contribution < 1.29 is 14.3 Å². The van der Waals surface area contributed by atoms with Crippen molar-refractivity contribution in [1.29, 1.82) is 0 Å². The molecule has 2 aromatic rings. The number of thiazole rings is 1. The quantitative estimate of drug-likeness (QED) is 0.763. The minimum Gasteiger partial charge on any atom is -0.494 e. The van der Waals surface area contributed by atoms with Crippen LogP contribution in [0.15, 0.2) is 29.6 Å². The number of ether oxygens (including phenoxy) is 1. The Hall–Kier alpha value is -2.41. The standard InChI is InChI=1S/C17H21N3O3S/c1-3-23-14-6-4-12(5-7-14)8-13(16(18)21)9-19-17(22)15-10-24-11(2)20-15/h4-7,10,13H,3,8-9H2,1-2H3,(H2,18,21)(H,19,22)/t13-/m1/s1. The van der Waals surface area contributed by atoms with Crippen molar-refractivity contribution in [3.63, 3.8) is 0 Å². The second-order valence-electron chi connectivity index (χ2n) is 5.34. The highest BCUT2D eigenvalue weighted by Crippen LogP contribution is 2.15. The van der Waals surface area contributed by atoms with E-state index < -0.39 is 11.8 Å². The first-order chi connectivity index (χ1) is 11.5. The lowest BCUT2D eigenvalue weighted by Gasteiger charge is -2.14. The summed E-state index contributed by atoms with van der Waals surface area (Å²) in [4.78, 5) is 27.8. The van der Waals surface area contributed by atoms with Crippen molar-refractivity contribution in [3.8, 4) is 5.75 Å². The van der Waals surface area contributed by atoms with Crippen LogP contribution in [0.25, 0.3) is 0 Å². The molecule has 0 aliphatic rings. The molecule has 0 aliphatic carbocycles. The maximum absolute atomic E-state index is 12.0. The molecule has 2 rings (SSSR count). The molecular weight excluding hydrogens is 326 g/mol. The number of rotatable bonds is 8. The summed E-state index contributed by atoms with van der Waals surface area (Å²) in [5.74, 6) is -0.438. The summed E-state index contributed by atoms with van der Waals surface area (Å²) in [6.45, 7) is 4.53. The number of hydrogen-bond donors (Lipinski definition) is 2. The molecular formula is C17H21N3O3S. The highest BCUT2D eigenvalue weighted by molar-refractivity contribution is 7.09. The molecule has 0 saturated carbocycles. The van der Waals surface area contributed by atoms with Crippen LogP contribution in [0.3, 0.4) is 0 Å². The monoisotopic (exact) mass is 347 g/mol. The molecule has 0 unspecified atom stereocenters. The van der Waals surface area contributed by atoms with E-state index in [4.69, 9.17) is 10.5 Å². The molecule has 7 heteroatoms. The highest BCUT2D eigenvalue weighted by Gasteiger charge is 2.18. The molecule has 1 aromatic carbocycles. The van der Waals surface area contributed by atoms with Gasteiger partial charge in [-0.05, 0) is 38.0 Å². The van der Waals surface area contributed by atoms with E-state index in [0.29, 0.717) is 18.7 Å². The Morgan fingerprint density at radius 2 is 2.04 bits per heavy atom. The number of amides is 2. The fraction of sp³-hybridized carbons (Fsp3) is 0.353. The number of hydrogen-bond acceptors (Lipinski definition) is 5. The number of primary amides is 1. The maximum Gasteiger partial charge on any atom is 0.270 e. The van der Waals surface area contributed by atoms with E-state index in [-0.39, 0.29) is 12.5 Å². The predicted molar refractivity (Wildman–Crippen MR) is 93.2 cm³/mol. The summed E-state index contributed by atoms with van der Waals surface area (Å²) in [5, 5.41) is 5.24. The van der Waals surface area contributed by atoms with Crippen LogP contribution in [0.5, 0.6) is 5.75 Å². The second-order valence-corrected chi connectivity index (χ2v) is 6.40. The molecule has 128 valence electrons. The third-order valence-corrected chi connectivity index (χ3v) is 4.25. The minimum absolute atomic E-state index is 0.179. The van der Waals surface area contributed by atoms with Gasteiger partial charge in [-0.25, -0.2) is 4.98 Å². The molecule has 0 radical (unpaired) electrons. The number of nitrogens with one attached hydrogen (secondary N) is 1. The first-order valence-corrected chi connectivity index (χ1v) is 8.59. The van der Waals surface area contributed by atoms with Gasteiger partial charge in [-0.2, -0.15) is 0 Å². The molecule has 0 spiro atoms. The van der Waals surface area contributed by atoms with Gasteiger partial charge in [-0.3, -0.25) is 9.59 Å². The molecule has 0 saturated heterocycles. The van der Waals surface area contributed by atoms with E-state index in [2.05, 4.69) is 10.3 Å². The lowest BCUT2D eigenvalue weighted by molar-refractivity contribution is -0.121. The number of nitrogens with zero attached hydrogens (tertiary/aromatic N) is 1. The number of benzene rings is 1. The summed E-state index contributed by atoms with van der Waals surface area (Å²) in [6.07, 6.45) is 0.456. The molecule has 0 aliphatic heterocycles. The third-order valence-electron chi connectivity index (χ3n) is 3.48. The average molecular weight is 347 g/mol. The maximum atomic E-state index is 12.0. The molecule has 2 amide bonds. The lowest BCUT2D eigenvalue weighted by atomic mass is 9.98. The van der Waals surface area contributed by atoms with Crippen LogP contribution < -0.4 is 15.8 Å². The topological polar surface area (TPSA) is 94.3 Å². The van der Waals surface area contributed by atoms with Gasteiger partial charge in [0, 0.05) is 11.9 Å². The van der Waals surface area contributed by atoms with E-state index >= 15 is 0 Å². The van der Waals surface area contributed by atoms with Gasteiger partial charge in [-0.1, -0.05) is 12.1 Å². The Labute approximate surface area is 145 Å². The molecule has 3 N–H and O–H groups in total. The molecule has 1 heterocycles. The van der Waals surface area contributed by atoms with Crippen LogP contribution in [-0.4, -0.2) is 29.9 Å². The Morgan fingerprint density at radius 3 is 2.58 bits per heavy atom. The Bertz CT molecular complexity index is 697. The number of aromatic nitrogens is 1. The lowest BCUT2D eigenvalue weighted by Crippen LogP contribution is -2.37. The van der Waals surface area contributed by atoms with E-state index in [1.165, 1.54) is 11.3 Å². The SMILES string of the molecule is CCOc1ccc(C[C@H](CNC(=O)c2csc(C)n2)C(N)=O)cc1. The summed E-state index contributed by atoms with van der Waals surface area (Å²) in [6, 6.07) is 7.50. The smallest absolute Gasteiger partial charge is 0.270 e. The van der Waals surface area contributed by atoms with Crippen molar-refractivity contribution in [3.05, 3.63) is 45.9 Å². The Kier molecular flexibility index (Phi) is 6.31. The van der Waals surface area contributed by atoms with Crippen molar-refractivity contribution >= 4 is 23.2 Å². The zero-order chi connectivity index (χ0) is 17.5. The molecule has 1 atom stereocenters. The fourth-order valence-electron chi connectivity index (χ4n) is 2.22. The third kappa shape index (κ3) is 5.06. The van der Waals surface area contributed by atoms with E-state index in [0.717, 1.165) is 16.3 Å². The number of nitrogens with two attached hydrogens (primary N) is 1. The van der Waals surface area contributed by atoms with Gasteiger partial charge in [0.05, 0.1) is 17.5 Å². The summed E-state index contributed by atoms with van der Waals surface area (Å²) < 4.78 is 5.39. The van der Waals surface area contributed by atoms with Crippen LogP contribution in [0.2, 0.25) is 0 Å². The predicted octanol–water partition coefficient (Wildman–Crippen LogP) is 1.92. The molecule has 0 bridgehead atoms. The molecule has 1 aromatic heterocycles. The molecule has 6 nitrogen and oxygen atoms in total. The minimum atomic E-state index is -0.480. The van der Waals surface area contributed by atoms with Gasteiger partial charge in [0.2, 0.25) is 5.91 Å². The van der Waals surface area contributed by atoms with Crippen LogP contribution in [0.4, 0.5) is 0 Å². The zero-order valence-electron chi connectivity index (χ0n) is 13.7. The van der Waals surface area contributed by atoms with Gasteiger partial charge in [0.25, 0.3) is 5.91 Å². The van der Waals surface area contributed by atoms with Crippen LogP contribution in [-0.2, 0) is 11.2 Å². The van der Waals surface area contributed by atoms with Crippen LogP contribution >= 0.6 is 11.3 Å². The fourth-order valence-corrected chi connectivity index (χ4v) is 2.81. The number of carbonyl (C=O) groups excluding carboxylic acids is 2. The van der Waals surface area contributed by atoms with Gasteiger partial charge >= 0.3 is 0 Å². The van der Waals surface area contributed by atoms with Crippen molar-refractivity contribution in [2.75, 3.05) is 13.2 Å². The molecule has 0 fully saturated rings. The van der Waals surface area contributed by atoms with Crippen LogP contribution in [0.1, 0.15) is 28.0 Å². The number of carbonyl (C=O) groups is 2. The average Bonchev–Trinajstić information content (AvgIpc) is 2.99. The van der Waals surface area contributed by atoms with Crippen molar-refractivity contribution in [1.82, 2.24) is 10.3 Å². The van der Waals surface area contributed by atoms with Crippen LogP contribution in [0, 0.1) is 12.8 Å². The van der Waals surface area contributed by atoms with Gasteiger partial charge in [0.1, 0.15) is 11.4 Å². The summed E-state index contributed by atoms with van der Waals surface area (Å²) >= 11 is 1.41. The van der Waals surface area contributed by atoms with E-state index in [1.807, 2.05) is 38.1 Å². The molecule has 24 heavy (non-hydrogen) atoms. The van der Waals surface area contributed by atoms with Gasteiger partial charge < -0.3 is 15.8 Å². The Morgan fingerprint density at radius 1 is 1.33 bits per heavy atom.